The van der Waals surface area contributed by atoms with E-state index in [9.17, 15) is 13.2 Å². The van der Waals surface area contributed by atoms with Crippen molar-refractivity contribution in [3.63, 3.8) is 0 Å². The van der Waals surface area contributed by atoms with Crippen LogP contribution in [0.4, 0.5) is 13.2 Å². The van der Waals surface area contributed by atoms with E-state index in [4.69, 9.17) is 10.00 Å². The van der Waals surface area contributed by atoms with Crippen LogP contribution in [0.25, 0.3) is 0 Å². The number of ether oxygens (including phenoxy) is 1. The molecule has 0 fully saturated rings. The van der Waals surface area contributed by atoms with Crippen molar-refractivity contribution in [2.24, 2.45) is 0 Å². The van der Waals surface area contributed by atoms with Crippen LogP contribution in [0.5, 0.6) is 11.5 Å². The molecule has 0 saturated carbocycles. The largest absolute Gasteiger partial charge is 0.457 e. The van der Waals surface area contributed by atoms with Gasteiger partial charge in [0, 0.05) is 0 Å². The predicted octanol–water partition coefficient (Wildman–Crippen LogP) is 4.89. The van der Waals surface area contributed by atoms with Crippen molar-refractivity contribution >= 4 is 12.6 Å². The van der Waals surface area contributed by atoms with Crippen molar-refractivity contribution < 1.29 is 17.9 Å². The molecule has 104 valence electrons. The maximum absolute atomic E-state index is 12.5. The van der Waals surface area contributed by atoms with E-state index in [1.54, 1.807) is 30.3 Å². The molecule has 0 atom stereocenters. The number of para-hydroxylation sites is 1. The first-order valence-corrected chi connectivity index (χ1v) is 5.85. The Balaban J connectivity index is 0.000000612. The highest BCUT2D eigenvalue weighted by molar-refractivity contribution is 7.85. The summed E-state index contributed by atoms with van der Waals surface area (Å²) < 4.78 is 42.7. The zero-order valence-electron chi connectivity index (χ0n) is 10.1. The average Bonchev–Trinajstić information content (AvgIpc) is 2.40. The fourth-order valence-corrected chi connectivity index (χ4v) is 1.36. The third-order valence-electron chi connectivity index (χ3n) is 2.14. The Hall–Kier alpha value is -2.13. The van der Waals surface area contributed by atoms with E-state index >= 15 is 0 Å². The summed E-state index contributed by atoms with van der Waals surface area (Å²) in [6.07, 6.45) is -4.35. The van der Waals surface area contributed by atoms with Gasteiger partial charge in [0.25, 0.3) is 0 Å². The van der Waals surface area contributed by atoms with Crippen molar-refractivity contribution in [1.82, 2.24) is 0 Å². The van der Waals surface area contributed by atoms with Crippen LogP contribution in [0.15, 0.2) is 54.6 Å². The van der Waals surface area contributed by atoms with Gasteiger partial charge in [0.15, 0.2) is 0 Å². The quantitative estimate of drug-likeness (QED) is 0.632. The summed E-state index contributed by atoms with van der Waals surface area (Å²) in [6, 6.07) is 13.5. The highest BCUT2D eigenvalue weighted by atomic mass is 32.1. The number of nitriles is 1. The number of thiocyanates is 1. The Bertz CT molecular complexity index is 579. The minimum Gasteiger partial charge on any atom is -0.457 e. The van der Waals surface area contributed by atoms with E-state index in [0.717, 1.165) is 12.1 Å². The molecule has 0 unspecified atom stereocenters. The molecule has 0 N–H and O–H groups in total. The fourth-order valence-electron chi connectivity index (χ4n) is 1.36. The van der Waals surface area contributed by atoms with Crippen molar-refractivity contribution in [3.05, 3.63) is 60.2 Å². The molecule has 2 aromatic rings. The number of alkyl halides is 3. The molecule has 0 bridgehead atoms. The number of rotatable bonds is 2. The van der Waals surface area contributed by atoms with Crippen molar-refractivity contribution in [2.45, 2.75) is 6.18 Å². The summed E-state index contributed by atoms with van der Waals surface area (Å²) >= 11 is 3.09. The van der Waals surface area contributed by atoms with Gasteiger partial charge in [-0.2, -0.15) is 18.4 Å². The van der Waals surface area contributed by atoms with Crippen molar-refractivity contribution in [2.75, 3.05) is 0 Å². The number of thiol groups is 1. The molecule has 20 heavy (non-hydrogen) atoms. The van der Waals surface area contributed by atoms with Crippen LogP contribution in [-0.2, 0) is 6.18 Å². The SMILES string of the molecule is FC(F)(F)c1cccc(Oc2ccccc2)c1.N#CS. The molecule has 0 radical (unpaired) electrons. The smallest absolute Gasteiger partial charge is 0.416 e. The standard InChI is InChI=1S/C13H9F3O.CHNS/c14-13(15,16)10-5-4-8-12(9-10)17-11-6-2-1-3-7-11;2-1-3/h1-9H;3H. The van der Waals surface area contributed by atoms with E-state index in [1.165, 1.54) is 17.5 Å². The third kappa shape index (κ3) is 5.24. The monoisotopic (exact) mass is 297 g/mol. The van der Waals surface area contributed by atoms with Gasteiger partial charge in [0.2, 0.25) is 0 Å². The first kappa shape index (κ1) is 15.9. The number of benzene rings is 2. The topological polar surface area (TPSA) is 33.0 Å². The van der Waals surface area contributed by atoms with Gasteiger partial charge in [-0.3, -0.25) is 0 Å². The number of hydrogen-bond donors (Lipinski definition) is 1. The predicted molar refractivity (Wildman–Crippen MR) is 72.6 cm³/mol. The summed E-state index contributed by atoms with van der Waals surface area (Å²) in [4.78, 5) is 0. The Kier molecular flexibility index (Phi) is 5.94. The van der Waals surface area contributed by atoms with Crippen LogP contribution >= 0.6 is 12.6 Å². The van der Waals surface area contributed by atoms with E-state index in [0.29, 0.717) is 5.75 Å². The molecule has 0 aromatic heterocycles. The molecule has 0 heterocycles. The summed E-state index contributed by atoms with van der Waals surface area (Å²) in [6.45, 7) is 0. The number of nitrogens with zero attached hydrogens (tertiary/aromatic N) is 1. The molecule has 2 aromatic carbocycles. The molecule has 0 amide bonds. The highest BCUT2D eigenvalue weighted by Gasteiger charge is 2.30. The Morgan fingerprint density at radius 3 is 2.05 bits per heavy atom. The van der Waals surface area contributed by atoms with Gasteiger partial charge in [-0.25, -0.2) is 0 Å². The summed E-state index contributed by atoms with van der Waals surface area (Å²) in [5.74, 6) is 0.679. The lowest BCUT2D eigenvalue weighted by molar-refractivity contribution is -0.137. The normalized spacial score (nSPS) is 9.95. The molecule has 2 rings (SSSR count). The Morgan fingerprint density at radius 1 is 0.950 bits per heavy atom. The van der Waals surface area contributed by atoms with Crippen molar-refractivity contribution in [1.29, 1.82) is 5.26 Å². The van der Waals surface area contributed by atoms with Gasteiger partial charge in [0.05, 0.1) is 5.56 Å². The fraction of sp³-hybridized carbons (Fsp3) is 0.0714. The summed E-state index contributed by atoms with van der Waals surface area (Å²) in [7, 11) is 0. The lowest BCUT2D eigenvalue weighted by Crippen LogP contribution is -2.04. The van der Waals surface area contributed by atoms with E-state index in [2.05, 4.69) is 12.6 Å². The number of halogens is 3. The second-order valence-corrected chi connectivity index (χ2v) is 3.74. The molecule has 0 spiro atoms. The molecule has 0 aliphatic carbocycles. The minimum absolute atomic E-state index is 0.172. The molecule has 6 heteroatoms. The molecular weight excluding hydrogens is 287 g/mol. The van der Waals surface area contributed by atoms with Gasteiger partial charge in [0.1, 0.15) is 16.9 Å². The molecule has 0 aliphatic heterocycles. The highest BCUT2D eigenvalue weighted by Crippen LogP contribution is 2.32. The van der Waals surface area contributed by atoms with Gasteiger partial charge in [-0.15, -0.1) is 0 Å². The lowest BCUT2D eigenvalue weighted by Gasteiger charge is -2.09. The maximum Gasteiger partial charge on any atom is 0.416 e. The third-order valence-corrected chi connectivity index (χ3v) is 2.14. The van der Waals surface area contributed by atoms with Gasteiger partial charge < -0.3 is 4.74 Å². The first-order chi connectivity index (χ1) is 9.47. The van der Waals surface area contributed by atoms with E-state index in [-0.39, 0.29) is 5.75 Å². The van der Waals surface area contributed by atoms with Crippen LogP contribution in [0, 0.1) is 10.7 Å². The van der Waals surface area contributed by atoms with Crippen LogP contribution in [0.2, 0.25) is 0 Å². The lowest BCUT2D eigenvalue weighted by atomic mass is 10.2. The second-order valence-electron chi connectivity index (χ2n) is 3.54. The summed E-state index contributed by atoms with van der Waals surface area (Å²) in [5.41, 5.74) is -0.717. The van der Waals surface area contributed by atoms with Crippen molar-refractivity contribution in [3.8, 4) is 16.9 Å². The van der Waals surface area contributed by atoms with E-state index in [1.807, 2.05) is 0 Å². The van der Waals surface area contributed by atoms with Crippen LogP contribution < -0.4 is 4.74 Å². The van der Waals surface area contributed by atoms with E-state index < -0.39 is 11.7 Å². The van der Waals surface area contributed by atoms with Gasteiger partial charge >= 0.3 is 6.18 Å². The zero-order chi connectivity index (χ0) is 15.0. The first-order valence-electron chi connectivity index (χ1n) is 5.40. The molecule has 0 saturated heterocycles. The zero-order valence-corrected chi connectivity index (χ0v) is 11.0. The van der Waals surface area contributed by atoms with Crippen LogP contribution in [-0.4, -0.2) is 0 Å². The molecule has 2 nitrogen and oxygen atoms in total. The minimum atomic E-state index is -4.35. The van der Waals surface area contributed by atoms with Gasteiger partial charge in [-0.05, 0) is 30.3 Å². The summed E-state index contributed by atoms with van der Waals surface area (Å²) in [5, 5.41) is 8.63. The Labute approximate surface area is 119 Å². The number of hydrogen-bond acceptors (Lipinski definition) is 3. The maximum atomic E-state index is 12.5. The van der Waals surface area contributed by atoms with Gasteiger partial charge in [-0.1, -0.05) is 36.9 Å². The van der Waals surface area contributed by atoms with Crippen LogP contribution in [0.3, 0.4) is 0 Å². The molecular formula is C14H10F3NOS. The average molecular weight is 297 g/mol. The van der Waals surface area contributed by atoms with Crippen LogP contribution in [0.1, 0.15) is 5.56 Å². The Morgan fingerprint density at radius 2 is 1.50 bits per heavy atom. The molecule has 0 aliphatic rings. The second kappa shape index (κ2) is 7.46.